The number of ether oxygens (including phenoxy) is 1. The molecule has 1 aromatic heterocycles. The number of fused-ring (bicyclic) bond motifs is 1. The van der Waals surface area contributed by atoms with E-state index in [0.29, 0.717) is 6.61 Å². The summed E-state index contributed by atoms with van der Waals surface area (Å²) in [4.78, 5) is 4.56. The molecule has 0 spiro atoms. The monoisotopic (exact) mass is 283 g/mol. The van der Waals surface area contributed by atoms with Gasteiger partial charge in [0.2, 0.25) is 0 Å². The van der Waals surface area contributed by atoms with Crippen molar-refractivity contribution in [2.45, 2.75) is 13.5 Å². The van der Waals surface area contributed by atoms with Crippen LogP contribution >= 0.6 is 11.6 Å². The summed E-state index contributed by atoms with van der Waals surface area (Å²) >= 11 is 5.87. The molecule has 3 aromatic rings. The Morgan fingerprint density at radius 2 is 1.80 bits per heavy atom. The summed E-state index contributed by atoms with van der Waals surface area (Å²) in [6.45, 7) is 2.47. The highest BCUT2D eigenvalue weighted by Gasteiger charge is 2.04. The van der Waals surface area contributed by atoms with Gasteiger partial charge < -0.3 is 4.74 Å². The highest BCUT2D eigenvalue weighted by atomic mass is 35.5. The van der Waals surface area contributed by atoms with Crippen molar-refractivity contribution in [1.29, 1.82) is 0 Å². The summed E-state index contributed by atoms with van der Waals surface area (Å²) < 4.78 is 5.87. The Labute approximate surface area is 123 Å². The fraction of sp³-hybridized carbons (Fsp3) is 0.118. The average molecular weight is 284 g/mol. The third kappa shape index (κ3) is 2.75. The fourth-order valence-electron chi connectivity index (χ4n) is 2.08. The van der Waals surface area contributed by atoms with Crippen molar-refractivity contribution in [3.05, 3.63) is 70.9 Å². The maximum Gasteiger partial charge on any atom is 0.141 e. The Bertz CT molecular complexity index is 738. The van der Waals surface area contributed by atoms with E-state index in [-0.39, 0.29) is 0 Å². The molecular formula is C17H14ClNO. The number of halogens is 1. The van der Waals surface area contributed by atoms with E-state index in [1.165, 1.54) is 0 Å². The van der Waals surface area contributed by atoms with Gasteiger partial charge in [0.15, 0.2) is 0 Å². The van der Waals surface area contributed by atoms with Crippen LogP contribution in [0.15, 0.2) is 54.6 Å². The van der Waals surface area contributed by atoms with Crippen molar-refractivity contribution in [2.24, 2.45) is 0 Å². The van der Waals surface area contributed by atoms with E-state index in [4.69, 9.17) is 16.3 Å². The van der Waals surface area contributed by atoms with Crippen LogP contribution < -0.4 is 4.74 Å². The van der Waals surface area contributed by atoms with Gasteiger partial charge in [0.05, 0.1) is 11.2 Å². The van der Waals surface area contributed by atoms with Gasteiger partial charge in [0, 0.05) is 10.4 Å². The van der Waals surface area contributed by atoms with E-state index < -0.39 is 0 Å². The van der Waals surface area contributed by atoms with Gasteiger partial charge in [0.1, 0.15) is 12.4 Å². The Morgan fingerprint density at radius 1 is 1.05 bits per heavy atom. The van der Waals surface area contributed by atoms with E-state index >= 15 is 0 Å². The third-order valence-corrected chi connectivity index (χ3v) is 3.43. The zero-order valence-electron chi connectivity index (χ0n) is 11.1. The van der Waals surface area contributed by atoms with E-state index in [1.807, 2.05) is 61.5 Å². The van der Waals surface area contributed by atoms with Gasteiger partial charge in [-0.3, -0.25) is 0 Å². The van der Waals surface area contributed by atoms with Crippen LogP contribution in [0.1, 0.15) is 11.3 Å². The van der Waals surface area contributed by atoms with Crippen LogP contribution in [0.3, 0.4) is 0 Å². The summed E-state index contributed by atoms with van der Waals surface area (Å²) in [5, 5.41) is 1.82. The third-order valence-electron chi connectivity index (χ3n) is 3.18. The molecule has 0 fully saturated rings. The standard InChI is InChI=1S/C17H14ClNO/c1-12-17(10-14-4-2-3-5-16(14)19-12)20-11-13-6-8-15(18)9-7-13/h2-10H,11H2,1H3. The van der Waals surface area contributed by atoms with Crippen molar-refractivity contribution in [1.82, 2.24) is 4.98 Å². The molecule has 0 amide bonds. The van der Waals surface area contributed by atoms with Crippen LogP contribution in [0.4, 0.5) is 0 Å². The maximum absolute atomic E-state index is 5.87. The summed E-state index contributed by atoms with van der Waals surface area (Å²) in [5.41, 5.74) is 2.98. The number of hydrogen-bond acceptors (Lipinski definition) is 2. The number of aromatic nitrogens is 1. The number of benzene rings is 2. The molecular weight excluding hydrogens is 270 g/mol. The van der Waals surface area contributed by atoms with Crippen molar-refractivity contribution < 1.29 is 4.74 Å². The lowest BCUT2D eigenvalue weighted by atomic mass is 10.2. The van der Waals surface area contributed by atoms with Crippen molar-refractivity contribution in [3.63, 3.8) is 0 Å². The summed E-state index contributed by atoms with van der Waals surface area (Å²) in [5.74, 6) is 0.818. The molecule has 20 heavy (non-hydrogen) atoms. The van der Waals surface area contributed by atoms with Gasteiger partial charge in [-0.15, -0.1) is 0 Å². The molecule has 3 rings (SSSR count). The molecule has 0 atom stereocenters. The molecule has 0 aliphatic heterocycles. The Balaban J connectivity index is 1.83. The van der Waals surface area contributed by atoms with E-state index in [9.17, 15) is 0 Å². The zero-order valence-corrected chi connectivity index (χ0v) is 11.9. The van der Waals surface area contributed by atoms with Gasteiger partial charge in [-0.1, -0.05) is 41.9 Å². The molecule has 0 radical (unpaired) electrons. The van der Waals surface area contributed by atoms with Crippen LogP contribution in [0, 0.1) is 6.92 Å². The molecule has 0 aliphatic carbocycles. The van der Waals surface area contributed by atoms with Gasteiger partial charge in [-0.05, 0) is 36.8 Å². The first-order valence-corrected chi connectivity index (χ1v) is 6.84. The lowest BCUT2D eigenvalue weighted by molar-refractivity contribution is 0.303. The minimum absolute atomic E-state index is 0.512. The Morgan fingerprint density at radius 3 is 2.60 bits per heavy atom. The average Bonchev–Trinajstić information content (AvgIpc) is 2.47. The Hall–Kier alpha value is -2.06. The minimum Gasteiger partial charge on any atom is -0.487 e. The lowest BCUT2D eigenvalue weighted by Gasteiger charge is -2.10. The number of para-hydroxylation sites is 1. The predicted octanol–water partition coefficient (Wildman–Crippen LogP) is 4.78. The lowest BCUT2D eigenvalue weighted by Crippen LogP contribution is -1.98. The molecule has 2 aromatic carbocycles. The van der Waals surface area contributed by atoms with Crippen LogP contribution in [-0.4, -0.2) is 4.98 Å². The molecule has 2 nitrogen and oxygen atoms in total. The van der Waals surface area contributed by atoms with Gasteiger partial charge in [-0.25, -0.2) is 4.98 Å². The molecule has 1 heterocycles. The summed E-state index contributed by atoms with van der Waals surface area (Å²) in [7, 11) is 0. The van der Waals surface area contributed by atoms with Crippen molar-refractivity contribution in [3.8, 4) is 5.75 Å². The normalized spacial score (nSPS) is 10.7. The second-order valence-electron chi connectivity index (χ2n) is 4.68. The van der Waals surface area contributed by atoms with Gasteiger partial charge in [0.25, 0.3) is 0 Å². The van der Waals surface area contributed by atoms with Gasteiger partial charge >= 0.3 is 0 Å². The van der Waals surface area contributed by atoms with E-state index in [0.717, 1.165) is 32.9 Å². The van der Waals surface area contributed by atoms with Crippen molar-refractivity contribution in [2.75, 3.05) is 0 Å². The molecule has 0 aliphatic rings. The fourth-order valence-corrected chi connectivity index (χ4v) is 2.21. The smallest absolute Gasteiger partial charge is 0.141 e. The molecule has 0 saturated heterocycles. The molecule has 0 bridgehead atoms. The minimum atomic E-state index is 0.512. The first kappa shape index (κ1) is 12.9. The molecule has 0 saturated carbocycles. The highest BCUT2D eigenvalue weighted by Crippen LogP contribution is 2.23. The van der Waals surface area contributed by atoms with E-state index in [2.05, 4.69) is 4.98 Å². The summed E-state index contributed by atoms with van der Waals surface area (Å²) in [6, 6.07) is 17.7. The SMILES string of the molecule is Cc1nc2ccccc2cc1OCc1ccc(Cl)cc1. The van der Waals surface area contributed by atoms with Crippen LogP contribution in [-0.2, 0) is 6.61 Å². The van der Waals surface area contributed by atoms with Gasteiger partial charge in [-0.2, -0.15) is 0 Å². The van der Waals surface area contributed by atoms with Crippen LogP contribution in [0.25, 0.3) is 10.9 Å². The number of nitrogens with zero attached hydrogens (tertiary/aromatic N) is 1. The highest BCUT2D eigenvalue weighted by molar-refractivity contribution is 6.30. The van der Waals surface area contributed by atoms with Crippen LogP contribution in [0.2, 0.25) is 5.02 Å². The molecule has 0 N–H and O–H groups in total. The molecule has 100 valence electrons. The summed E-state index contributed by atoms with van der Waals surface area (Å²) in [6.07, 6.45) is 0. The second-order valence-corrected chi connectivity index (χ2v) is 5.12. The predicted molar refractivity (Wildman–Crippen MR) is 82.3 cm³/mol. The van der Waals surface area contributed by atoms with Crippen molar-refractivity contribution >= 4 is 22.5 Å². The quantitative estimate of drug-likeness (QED) is 0.690. The molecule has 3 heteroatoms. The number of rotatable bonds is 3. The number of pyridine rings is 1. The largest absolute Gasteiger partial charge is 0.487 e. The molecule has 0 unspecified atom stereocenters. The number of aryl methyl sites for hydroxylation is 1. The maximum atomic E-state index is 5.87. The second kappa shape index (κ2) is 5.51. The topological polar surface area (TPSA) is 22.1 Å². The Kier molecular flexibility index (Phi) is 3.57. The first-order chi connectivity index (χ1) is 9.72. The van der Waals surface area contributed by atoms with Crippen LogP contribution in [0.5, 0.6) is 5.75 Å². The van der Waals surface area contributed by atoms with E-state index in [1.54, 1.807) is 0 Å². The number of hydrogen-bond donors (Lipinski definition) is 0. The first-order valence-electron chi connectivity index (χ1n) is 6.46. The zero-order chi connectivity index (χ0) is 13.9.